The molecule has 1 atom stereocenters. The molecular weight excluding hydrogens is 239 g/mol. The molecule has 0 spiro atoms. The summed E-state index contributed by atoms with van der Waals surface area (Å²) in [4.78, 5) is 21.6. The summed E-state index contributed by atoms with van der Waals surface area (Å²) in [5, 5.41) is 10.9. The first-order valence-electron chi connectivity index (χ1n) is 5.43. The van der Waals surface area contributed by atoms with Gasteiger partial charge in [-0.1, -0.05) is 12.1 Å². The molecule has 1 unspecified atom stereocenters. The molecule has 1 aromatic carbocycles. The molecule has 0 aliphatic heterocycles. The number of hydrogen-bond acceptors (Lipinski definition) is 3. The Morgan fingerprint density at radius 2 is 2.17 bits per heavy atom. The standard InChI is InChI=1S/C12H15FN2O3/c1-7-6-8(2-3-9(7)13)4-5-15-11(16)10(14)12(17)18/h2-3,6,10H,4-5,14H2,1H3,(H,15,16)(H,17,18). The van der Waals surface area contributed by atoms with E-state index in [1.54, 1.807) is 19.1 Å². The van der Waals surface area contributed by atoms with E-state index in [0.29, 0.717) is 12.0 Å². The van der Waals surface area contributed by atoms with Crippen LogP contribution in [0.1, 0.15) is 11.1 Å². The second-order valence-electron chi connectivity index (χ2n) is 3.94. The van der Waals surface area contributed by atoms with Crippen LogP contribution in [0.5, 0.6) is 0 Å². The highest BCUT2D eigenvalue weighted by atomic mass is 19.1. The Kier molecular flexibility index (Phi) is 4.79. The molecule has 0 aliphatic rings. The van der Waals surface area contributed by atoms with Gasteiger partial charge in [0.25, 0.3) is 0 Å². The highest BCUT2D eigenvalue weighted by Gasteiger charge is 2.20. The van der Waals surface area contributed by atoms with Crippen LogP contribution in [0.25, 0.3) is 0 Å². The van der Waals surface area contributed by atoms with Gasteiger partial charge in [0.2, 0.25) is 5.91 Å². The average molecular weight is 254 g/mol. The first kappa shape index (κ1) is 14.1. The van der Waals surface area contributed by atoms with Gasteiger partial charge in [-0.2, -0.15) is 0 Å². The summed E-state index contributed by atoms with van der Waals surface area (Å²) in [5.74, 6) is -2.39. The lowest BCUT2D eigenvalue weighted by atomic mass is 10.1. The fraction of sp³-hybridized carbons (Fsp3) is 0.333. The zero-order valence-corrected chi connectivity index (χ0v) is 9.94. The van der Waals surface area contributed by atoms with Crippen molar-refractivity contribution in [1.82, 2.24) is 5.32 Å². The number of hydrogen-bond donors (Lipinski definition) is 3. The lowest BCUT2D eigenvalue weighted by Crippen LogP contribution is -2.46. The topological polar surface area (TPSA) is 92.4 Å². The van der Waals surface area contributed by atoms with Crippen molar-refractivity contribution in [3.8, 4) is 0 Å². The summed E-state index contributed by atoms with van der Waals surface area (Å²) in [6, 6.07) is 3.10. The van der Waals surface area contributed by atoms with Crippen LogP contribution < -0.4 is 11.1 Å². The first-order chi connectivity index (χ1) is 8.41. The minimum atomic E-state index is -1.56. The third kappa shape index (κ3) is 3.81. The highest BCUT2D eigenvalue weighted by molar-refractivity contribution is 6.00. The predicted molar refractivity (Wildman–Crippen MR) is 63.5 cm³/mol. The van der Waals surface area contributed by atoms with Crippen molar-refractivity contribution in [2.45, 2.75) is 19.4 Å². The number of halogens is 1. The molecule has 1 aromatic rings. The van der Waals surface area contributed by atoms with E-state index in [1.165, 1.54) is 6.07 Å². The number of aliphatic carboxylic acids is 1. The van der Waals surface area contributed by atoms with E-state index in [2.05, 4.69) is 5.32 Å². The number of nitrogens with one attached hydrogen (secondary N) is 1. The van der Waals surface area contributed by atoms with E-state index in [1.807, 2.05) is 0 Å². The van der Waals surface area contributed by atoms with Crippen molar-refractivity contribution in [3.63, 3.8) is 0 Å². The van der Waals surface area contributed by atoms with Crippen LogP contribution in [0, 0.1) is 12.7 Å². The molecule has 98 valence electrons. The Labute approximate surface area is 104 Å². The average Bonchev–Trinajstić information content (AvgIpc) is 2.32. The fourth-order valence-corrected chi connectivity index (χ4v) is 1.41. The SMILES string of the molecule is Cc1cc(CCNC(=O)C(N)C(=O)O)ccc1F. The van der Waals surface area contributed by atoms with Gasteiger partial charge in [0.05, 0.1) is 0 Å². The molecule has 4 N–H and O–H groups in total. The third-order valence-electron chi connectivity index (χ3n) is 2.48. The van der Waals surface area contributed by atoms with E-state index in [0.717, 1.165) is 5.56 Å². The predicted octanol–water partition coefficient (Wildman–Crippen LogP) is 0.205. The van der Waals surface area contributed by atoms with Crippen LogP contribution in [0.15, 0.2) is 18.2 Å². The normalized spacial score (nSPS) is 11.9. The molecule has 0 fully saturated rings. The number of rotatable bonds is 5. The van der Waals surface area contributed by atoms with Gasteiger partial charge < -0.3 is 16.2 Å². The molecule has 0 saturated carbocycles. The summed E-state index contributed by atoms with van der Waals surface area (Å²) in [7, 11) is 0. The largest absolute Gasteiger partial charge is 0.480 e. The molecule has 0 heterocycles. The van der Waals surface area contributed by atoms with Gasteiger partial charge in [-0.15, -0.1) is 0 Å². The number of benzene rings is 1. The molecule has 0 radical (unpaired) electrons. The van der Waals surface area contributed by atoms with Crippen molar-refractivity contribution < 1.29 is 19.1 Å². The van der Waals surface area contributed by atoms with Crippen LogP contribution in [0.2, 0.25) is 0 Å². The van der Waals surface area contributed by atoms with Crippen molar-refractivity contribution in [1.29, 1.82) is 0 Å². The van der Waals surface area contributed by atoms with Gasteiger partial charge in [-0.25, -0.2) is 9.18 Å². The number of carboxylic acid groups (broad SMARTS) is 1. The summed E-state index contributed by atoms with van der Waals surface area (Å²) in [5.41, 5.74) is 6.51. The molecule has 1 rings (SSSR count). The smallest absolute Gasteiger partial charge is 0.330 e. The second-order valence-corrected chi connectivity index (χ2v) is 3.94. The van der Waals surface area contributed by atoms with Crippen molar-refractivity contribution >= 4 is 11.9 Å². The molecule has 0 bridgehead atoms. The van der Waals surface area contributed by atoms with E-state index >= 15 is 0 Å². The fourth-order valence-electron chi connectivity index (χ4n) is 1.41. The van der Waals surface area contributed by atoms with Gasteiger partial charge >= 0.3 is 5.97 Å². The van der Waals surface area contributed by atoms with Gasteiger partial charge in [-0.3, -0.25) is 4.79 Å². The summed E-state index contributed by atoms with van der Waals surface area (Å²) in [6.07, 6.45) is 0.485. The zero-order chi connectivity index (χ0) is 13.7. The Morgan fingerprint density at radius 3 is 2.72 bits per heavy atom. The van der Waals surface area contributed by atoms with E-state index < -0.39 is 17.9 Å². The summed E-state index contributed by atoms with van der Waals surface area (Å²) < 4.78 is 13.0. The number of carbonyl (C=O) groups is 2. The molecule has 6 heteroatoms. The van der Waals surface area contributed by atoms with Gasteiger partial charge in [-0.05, 0) is 30.5 Å². The summed E-state index contributed by atoms with van der Waals surface area (Å²) in [6.45, 7) is 1.91. The number of aryl methyl sites for hydroxylation is 1. The molecular formula is C12H15FN2O3. The zero-order valence-electron chi connectivity index (χ0n) is 9.94. The van der Waals surface area contributed by atoms with Crippen LogP contribution in [0.3, 0.4) is 0 Å². The van der Waals surface area contributed by atoms with Gasteiger partial charge in [0.1, 0.15) is 5.82 Å². The second kappa shape index (κ2) is 6.11. The van der Waals surface area contributed by atoms with Crippen molar-refractivity contribution in [2.75, 3.05) is 6.54 Å². The number of carboxylic acids is 1. The van der Waals surface area contributed by atoms with E-state index in [4.69, 9.17) is 10.8 Å². The molecule has 0 saturated heterocycles. The number of amides is 1. The van der Waals surface area contributed by atoms with Crippen molar-refractivity contribution in [3.05, 3.63) is 35.1 Å². The first-order valence-corrected chi connectivity index (χ1v) is 5.43. The maximum Gasteiger partial charge on any atom is 0.330 e. The molecule has 5 nitrogen and oxygen atoms in total. The minimum Gasteiger partial charge on any atom is -0.480 e. The number of carbonyl (C=O) groups excluding carboxylic acids is 1. The summed E-state index contributed by atoms with van der Waals surface area (Å²) >= 11 is 0. The van der Waals surface area contributed by atoms with Gasteiger partial charge in [0, 0.05) is 6.54 Å². The van der Waals surface area contributed by atoms with Gasteiger partial charge in [0.15, 0.2) is 6.04 Å². The van der Waals surface area contributed by atoms with Crippen molar-refractivity contribution in [2.24, 2.45) is 5.73 Å². The Hall–Kier alpha value is -1.95. The van der Waals surface area contributed by atoms with Crippen LogP contribution in [0.4, 0.5) is 4.39 Å². The molecule has 1 amide bonds. The van der Waals surface area contributed by atoms with Crippen LogP contribution in [-0.4, -0.2) is 29.6 Å². The van der Waals surface area contributed by atoms with Crippen LogP contribution >= 0.6 is 0 Å². The lowest BCUT2D eigenvalue weighted by molar-refractivity contribution is -0.142. The quantitative estimate of drug-likeness (QED) is 0.655. The third-order valence-corrected chi connectivity index (χ3v) is 2.48. The van der Waals surface area contributed by atoms with E-state index in [9.17, 15) is 14.0 Å². The highest BCUT2D eigenvalue weighted by Crippen LogP contribution is 2.09. The monoisotopic (exact) mass is 254 g/mol. The Bertz CT molecular complexity index is 463. The van der Waals surface area contributed by atoms with Crippen LogP contribution in [-0.2, 0) is 16.0 Å². The lowest BCUT2D eigenvalue weighted by Gasteiger charge is -2.08. The Morgan fingerprint density at radius 1 is 1.50 bits per heavy atom. The molecule has 18 heavy (non-hydrogen) atoms. The maximum absolute atomic E-state index is 13.0. The number of nitrogens with two attached hydrogens (primary N) is 1. The minimum absolute atomic E-state index is 0.255. The molecule has 0 aliphatic carbocycles. The Balaban J connectivity index is 2.44. The maximum atomic E-state index is 13.0. The molecule has 0 aromatic heterocycles. The van der Waals surface area contributed by atoms with E-state index in [-0.39, 0.29) is 12.4 Å².